The Morgan fingerprint density at radius 2 is 1.22 bits per heavy atom. The summed E-state index contributed by atoms with van der Waals surface area (Å²) in [6.07, 6.45) is 15.9. The van der Waals surface area contributed by atoms with Crippen LogP contribution in [0.5, 0.6) is 0 Å². The number of hydrogen-bond donors (Lipinski definition) is 1. The second-order valence-electron chi connectivity index (χ2n) is 6.76. The van der Waals surface area contributed by atoms with Crippen molar-refractivity contribution in [2.24, 2.45) is 0 Å². The van der Waals surface area contributed by atoms with Crippen molar-refractivity contribution in [3.63, 3.8) is 0 Å². The van der Waals surface area contributed by atoms with Crippen molar-refractivity contribution in [1.82, 2.24) is 0 Å². The van der Waals surface area contributed by atoms with E-state index < -0.39 is 16.4 Å². The van der Waals surface area contributed by atoms with Gasteiger partial charge in [0.15, 0.2) is 0 Å². The first-order valence-electron chi connectivity index (χ1n) is 10.2. The van der Waals surface area contributed by atoms with Crippen LogP contribution in [0.15, 0.2) is 0 Å². The first-order valence-corrected chi connectivity index (χ1v) is 11.6. The second kappa shape index (κ2) is 21.1. The van der Waals surface area contributed by atoms with Crippen LogP contribution in [0.1, 0.15) is 103 Å². The Morgan fingerprint density at radius 1 is 0.778 bits per heavy atom. The van der Waals surface area contributed by atoms with Gasteiger partial charge in [0.1, 0.15) is 0 Å². The van der Waals surface area contributed by atoms with Crippen LogP contribution < -0.4 is 0 Å². The fourth-order valence-electron chi connectivity index (χ4n) is 2.69. The summed E-state index contributed by atoms with van der Waals surface area (Å²) in [6.45, 7) is 1.87. The van der Waals surface area contributed by atoms with E-state index in [0.29, 0.717) is 6.42 Å². The van der Waals surface area contributed by atoms with Gasteiger partial charge in [0, 0.05) is 13.0 Å². The summed E-state index contributed by atoms with van der Waals surface area (Å²) in [5.41, 5.74) is 0. The zero-order valence-corrected chi connectivity index (χ0v) is 17.2. The fraction of sp³-hybridized carbons (Fsp3) is 0.947. The number of carbonyl (C=O) groups excluding carboxylic acids is 1. The zero-order valence-electron chi connectivity index (χ0n) is 16.4. The predicted octanol–water partition coefficient (Wildman–Crippen LogP) is 4.01. The van der Waals surface area contributed by atoms with Gasteiger partial charge in [0.05, 0.1) is 6.61 Å². The van der Waals surface area contributed by atoms with Crippen LogP contribution in [0.4, 0.5) is 0 Å². The third kappa shape index (κ3) is 22.5. The second-order valence-corrected chi connectivity index (χ2v) is 7.97. The monoisotopic (exact) mass is 418 g/mol. The molecule has 0 atom stereocenters. The topological polar surface area (TPSA) is 89.9 Å². The van der Waals surface area contributed by atoms with E-state index in [1.807, 2.05) is 0 Å². The van der Waals surface area contributed by atoms with Crippen molar-refractivity contribution >= 4 is 45.9 Å². The van der Waals surface area contributed by atoms with E-state index in [4.69, 9.17) is 5.11 Å². The molecular weight excluding hydrogens is 379 g/mol. The van der Waals surface area contributed by atoms with Gasteiger partial charge in [-0.05, 0) is 12.8 Å². The normalized spacial score (nSPS) is 11.2. The molecule has 0 aromatic carbocycles. The van der Waals surface area contributed by atoms with Crippen molar-refractivity contribution in [2.75, 3.05) is 13.2 Å². The third-order valence-corrected chi connectivity index (χ3v) is 5.05. The Labute approximate surface area is 188 Å². The molecule has 0 rings (SSSR count). The zero-order chi connectivity index (χ0) is 19.5. The van der Waals surface area contributed by atoms with Gasteiger partial charge in [-0.25, -0.2) is 4.18 Å². The molecule has 0 aromatic rings. The molecular formula is C19H39NaO6S. The summed E-state index contributed by atoms with van der Waals surface area (Å²) >= 11 is 0. The molecule has 0 aromatic heterocycles. The molecule has 0 aliphatic rings. The molecule has 0 amide bonds. The van der Waals surface area contributed by atoms with E-state index in [1.165, 1.54) is 57.8 Å². The van der Waals surface area contributed by atoms with Crippen LogP contribution in [-0.4, -0.2) is 62.3 Å². The Morgan fingerprint density at radius 3 is 1.67 bits per heavy atom. The Hall–Kier alpha value is 0.340. The number of rotatable bonds is 19. The SMILES string of the molecule is CCCCCCCCCCCCCCCC(=O)OS(=O)(=O)OCCCO.[NaH]. The van der Waals surface area contributed by atoms with Gasteiger partial charge < -0.3 is 9.29 Å². The van der Waals surface area contributed by atoms with E-state index in [2.05, 4.69) is 15.3 Å². The first kappa shape index (κ1) is 29.5. The molecule has 0 fully saturated rings. The number of aliphatic hydroxyl groups is 1. The van der Waals surface area contributed by atoms with Crippen molar-refractivity contribution in [3.05, 3.63) is 0 Å². The summed E-state index contributed by atoms with van der Waals surface area (Å²) in [7, 11) is -4.28. The van der Waals surface area contributed by atoms with E-state index in [-0.39, 0.29) is 55.6 Å². The molecule has 0 bridgehead atoms. The Balaban J connectivity index is 0. The molecule has 0 aliphatic heterocycles. The molecule has 0 radical (unpaired) electrons. The van der Waals surface area contributed by atoms with Crippen LogP contribution in [-0.2, 0) is 23.6 Å². The molecule has 8 heteroatoms. The molecule has 0 spiro atoms. The number of aliphatic hydroxyl groups excluding tert-OH is 1. The van der Waals surface area contributed by atoms with Crippen molar-refractivity contribution < 1.29 is 26.7 Å². The van der Waals surface area contributed by atoms with Crippen LogP contribution in [0.3, 0.4) is 0 Å². The van der Waals surface area contributed by atoms with Crippen LogP contribution in [0.25, 0.3) is 0 Å². The average Bonchev–Trinajstić information content (AvgIpc) is 2.58. The minimum absolute atomic E-state index is 0. The maximum atomic E-state index is 11.5. The summed E-state index contributed by atoms with van der Waals surface area (Å²) in [5.74, 6) is -0.780. The average molecular weight is 419 g/mol. The van der Waals surface area contributed by atoms with Crippen molar-refractivity contribution in [2.45, 2.75) is 103 Å². The van der Waals surface area contributed by atoms with Crippen molar-refractivity contribution in [3.8, 4) is 0 Å². The van der Waals surface area contributed by atoms with E-state index >= 15 is 0 Å². The van der Waals surface area contributed by atoms with Gasteiger partial charge >= 0.3 is 45.9 Å². The number of unbranched alkanes of at least 4 members (excludes halogenated alkanes) is 12. The quantitative estimate of drug-likeness (QED) is 0.252. The molecule has 0 saturated heterocycles. The third-order valence-electron chi connectivity index (χ3n) is 4.21. The predicted molar refractivity (Wildman–Crippen MR) is 110 cm³/mol. The molecule has 1 N–H and O–H groups in total. The fourth-order valence-corrected chi connectivity index (χ4v) is 3.37. The van der Waals surface area contributed by atoms with E-state index in [1.54, 1.807) is 0 Å². The Bertz CT molecular complexity index is 428. The van der Waals surface area contributed by atoms with Crippen LogP contribution in [0.2, 0.25) is 0 Å². The van der Waals surface area contributed by atoms with Gasteiger partial charge in [-0.1, -0.05) is 84.0 Å². The van der Waals surface area contributed by atoms with Gasteiger partial charge in [-0.3, -0.25) is 4.79 Å². The van der Waals surface area contributed by atoms with Crippen molar-refractivity contribution in [1.29, 1.82) is 0 Å². The summed E-state index contributed by atoms with van der Waals surface area (Å²) in [6, 6.07) is 0. The van der Waals surface area contributed by atoms with Crippen LogP contribution in [0, 0.1) is 0 Å². The summed E-state index contributed by atoms with van der Waals surface area (Å²) in [5, 5.41) is 8.55. The number of carbonyl (C=O) groups is 1. The van der Waals surface area contributed by atoms with Gasteiger partial charge in [-0.15, -0.1) is 0 Å². The molecule has 27 heavy (non-hydrogen) atoms. The molecule has 0 saturated carbocycles. The van der Waals surface area contributed by atoms with E-state index in [9.17, 15) is 13.2 Å². The number of hydrogen-bond acceptors (Lipinski definition) is 6. The van der Waals surface area contributed by atoms with Gasteiger partial charge in [0.2, 0.25) is 0 Å². The summed E-state index contributed by atoms with van der Waals surface area (Å²) < 4.78 is 31.4. The molecule has 0 unspecified atom stereocenters. The van der Waals surface area contributed by atoms with Crippen LogP contribution >= 0.6 is 0 Å². The molecule has 0 heterocycles. The Kier molecular flexibility index (Phi) is 23.0. The molecule has 6 nitrogen and oxygen atoms in total. The first-order chi connectivity index (χ1) is 12.5. The molecule has 0 aliphatic carbocycles. The summed E-state index contributed by atoms with van der Waals surface area (Å²) in [4.78, 5) is 11.5. The van der Waals surface area contributed by atoms with Gasteiger partial charge in [-0.2, -0.15) is 8.42 Å². The van der Waals surface area contributed by atoms with Gasteiger partial charge in [0.25, 0.3) is 0 Å². The minimum atomic E-state index is -4.28. The standard InChI is InChI=1S/C19H38O6S.Na.H/c1-2-3-4-5-6-7-8-9-10-11-12-13-14-16-19(21)25-26(22,23)24-18-15-17-20;;/h20H,2-18H2,1H3;;. The molecule has 158 valence electrons. The van der Waals surface area contributed by atoms with E-state index in [0.717, 1.165) is 19.3 Å². The maximum absolute atomic E-state index is 11.5.